The highest BCUT2D eigenvalue weighted by Gasteiger charge is 2.42. The van der Waals surface area contributed by atoms with Crippen molar-refractivity contribution in [2.45, 2.75) is 44.8 Å². The lowest BCUT2D eigenvalue weighted by Crippen LogP contribution is -2.31. The Morgan fingerprint density at radius 3 is 2.29 bits per heavy atom. The number of hydrogen-bond acceptors (Lipinski definition) is 1. The van der Waals surface area contributed by atoms with Crippen molar-refractivity contribution < 1.29 is 0 Å². The van der Waals surface area contributed by atoms with Gasteiger partial charge in [0.05, 0.1) is 5.69 Å². The third-order valence-electron chi connectivity index (χ3n) is 6.71. The highest BCUT2D eigenvalue weighted by atomic mass is 14.7. The van der Waals surface area contributed by atoms with E-state index in [0.29, 0.717) is 5.31 Å². The minimum Gasteiger partial charge on any atom is -0.256 e. The fraction of sp³-hybridized carbons (Fsp3) is 0.346. The topological polar surface area (TPSA) is 12.9 Å². The second kappa shape index (κ2) is 7.95. The number of rotatable bonds is 5. The van der Waals surface area contributed by atoms with E-state index in [2.05, 4.69) is 87.3 Å². The molecule has 0 N–H and O–H groups in total. The minimum atomic E-state index is 0.323. The van der Waals surface area contributed by atoms with E-state index in [1.165, 1.54) is 42.4 Å². The van der Waals surface area contributed by atoms with Crippen LogP contribution >= 0.6 is 0 Å². The summed E-state index contributed by atoms with van der Waals surface area (Å²) in [6, 6.07) is 24.0. The van der Waals surface area contributed by atoms with Crippen LogP contribution in [0.1, 0.15) is 45.1 Å². The van der Waals surface area contributed by atoms with Crippen LogP contribution in [0.4, 0.5) is 0 Å². The van der Waals surface area contributed by atoms with E-state index in [1.807, 2.05) is 12.3 Å². The zero-order valence-corrected chi connectivity index (χ0v) is 17.4. The third-order valence-corrected chi connectivity index (χ3v) is 6.71. The SMILES string of the molecule is BC1(c2ccc(-c3ccc(-c4ccccc4)nc3)cc2)CC(C)CC1CCC. The summed E-state index contributed by atoms with van der Waals surface area (Å²) in [5.74, 6) is 1.64. The Balaban J connectivity index is 1.56. The summed E-state index contributed by atoms with van der Waals surface area (Å²) in [7, 11) is 2.49. The van der Waals surface area contributed by atoms with Crippen molar-refractivity contribution in [1.29, 1.82) is 0 Å². The van der Waals surface area contributed by atoms with E-state index in [0.717, 1.165) is 23.1 Å². The molecule has 1 fully saturated rings. The number of nitrogens with zero attached hydrogens (tertiary/aromatic N) is 1. The molecule has 0 bridgehead atoms. The van der Waals surface area contributed by atoms with Gasteiger partial charge in [-0.2, -0.15) is 0 Å². The van der Waals surface area contributed by atoms with Crippen molar-refractivity contribution in [3.05, 3.63) is 78.5 Å². The first-order valence-electron chi connectivity index (χ1n) is 10.7. The predicted molar refractivity (Wildman–Crippen MR) is 122 cm³/mol. The van der Waals surface area contributed by atoms with Gasteiger partial charge in [-0.05, 0) is 47.2 Å². The summed E-state index contributed by atoms with van der Waals surface area (Å²) in [6.45, 7) is 4.74. The lowest BCUT2D eigenvalue weighted by atomic mass is 9.57. The normalized spacial score (nSPS) is 24.4. The van der Waals surface area contributed by atoms with Crippen molar-refractivity contribution in [2.24, 2.45) is 11.8 Å². The van der Waals surface area contributed by atoms with E-state index in [9.17, 15) is 0 Å². The van der Waals surface area contributed by atoms with Gasteiger partial charge in [0.2, 0.25) is 0 Å². The first kappa shape index (κ1) is 19.0. The Bertz CT molecular complexity index is 901. The van der Waals surface area contributed by atoms with Gasteiger partial charge in [0.25, 0.3) is 0 Å². The molecule has 1 aliphatic rings. The van der Waals surface area contributed by atoms with Crippen molar-refractivity contribution in [3.63, 3.8) is 0 Å². The molecular formula is C26H30BN. The molecule has 0 amide bonds. The molecule has 142 valence electrons. The lowest BCUT2D eigenvalue weighted by molar-refractivity contribution is 0.399. The standard InChI is InChI=1S/C26H30BN/c1-3-7-24-16-19(2)17-26(24,27)23-13-10-20(11-14-23)22-12-15-25(28-18-22)21-8-5-4-6-9-21/h4-6,8-15,18-19,24H,3,7,16-17,27H2,1-2H3. The fourth-order valence-electron chi connectivity index (χ4n) is 5.25. The summed E-state index contributed by atoms with van der Waals surface area (Å²) < 4.78 is 0. The summed E-state index contributed by atoms with van der Waals surface area (Å²) >= 11 is 0. The average Bonchev–Trinajstić information content (AvgIpc) is 3.03. The van der Waals surface area contributed by atoms with Crippen molar-refractivity contribution in [3.8, 4) is 22.4 Å². The summed E-state index contributed by atoms with van der Waals surface area (Å²) in [4.78, 5) is 4.69. The zero-order chi connectivity index (χ0) is 19.6. The van der Waals surface area contributed by atoms with Crippen molar-refractivity contribution >= 4 is 7.85 Å². The van der Waals surface area contributed by atoms with Gasteiger partial charge in [-0.15, -0.1) is 0 Å². The van der Waals surface area contributed by atoms with Crippen LogP contribution in [-0.2, 0) is 5.31 Å². The number of pyridine rings is 1. The number of benzene rings is 2. The Morgan fingerprint density at radius 1 is 0.929 bits per heavy atom. The molecule has 1 aliphatic carbocycles. The molecule has 3 unspecified atom stereocenters. The Morgan fingerprint density at radius 2 is 1.64 bits per heavy atom. The molecule has 3 aromatic rings. The molecule has 0 saturated heterocycles. The van der Waals surface area contributed by atoms with Gasteiger partial charge in [0, 0.05) is 17.3 Å². The van der Waals surface area contributed by atoms with Gasteiger partial charge in [0.15, 0.2) is 0 Å². The maximum absolute atomic E-state index is 4.69. The Hall–Kier alpha value is -2.35. The molecule has 1 heterocycles. The molecule has 4 rings (SSSR count). The van der Waals surface area contributed by atoms with E-state index in [-0.39, 0.29) is 0 Å². The predicted octanol–water partition coefficient (Wildman–Crippen LogP) is 6.09. The quantitative estimate of drug-likeness (QED) is 0.497. The molecule has 1 saturated carbocycles. The Kier molecular flexibility index (Phi) is 5.39. The molecular weight excluding hydrogens is 337 g/mol. The molecule has 0 radical (unpaired) electrons. The van der Waals surface area contributed by atoms with Crippen LogP contribution < -0.4 is 0 Å². The first-order valence-corrected chi connectivity index (χ1v) is 10.7. The van der Waals surface area contributed by atoms with Crippen LogP contribution in [0.3, 0.4) is 0 Å². The number of hydrogen-bond donors (Lipinski definition) is 0. The summed E-state index contributed by atoms with van der Waals surface area (Å²) in [6.07, 6.45) is 7.30. The smallest absolute Gasteiger partial charge is 0.115 e. The van der Waals surface area contributed by atoms with Crippen LogP contribution in [0.25, 0.3) is 22.4 Å². The number of aromatic nitrogens is 1. The zero-order valence-electron chi connectivity index (χ0n) is 17.4. The van der Waals surface area contributed by atoms with Crippen LogP contribution in [0.5, 0.6) is 0 Å². The van der Waals surface area contributed by atoms with Crippen LogP contribution in [0.2, 0.25) is 0 Å². The molecule has 1 nitrogen and oxygen atoms in total. The molecule has 2 heteroatoms. The maximum atomic E-state index is 4.69. The first-order chi connectivity index (χ1) is 13.6. The molecule has 3 atom stereocenters. The van der Waals surface area contributed by atoms with Gasteiger partial charge in [-0.3, -0.25) is 4.98 Å². The summed E-state index contributed by atoms with van der Waals surface area (Å²) in [5.41, 5.74) is 6.12. The fourth-order valence-corrected chi connectivity index (χ4v) is 5.25. The van der Waals surface area contributed by atoms with E-state index >= 15 is 0 Å². The average molecular weight is 367 g/mol. The molecule has 0 aliphatic heterocycles. The van der Waals surface area contributed by atoms with Gasteiger partial charge in [-0.25, -0.2) is 0 Å². The van der Waals surface area contributed by atoms with E-state index in [4.69, 9.17) is 0 Å². The lowest BCUT2D eigenvalue weighted by Gasteiger charge is -2.32. The maximum Gasteiger partial charge on any atom is 0.115 e. The summed E-state index contributed by atoms with van der Waals surface area (Å²) in [5, 5.41) is 0.323. The largest absolute Gasteiger partial charge is 0.256 e. The monoisotopic (exact) mass is 367 g/mol. The second-order valence-corrected chi connectivity index (χ2v) is 8.82. The molecule has 2 aromatic carbocycles. The van der Waals surface area contributed by atoms with Gasteiger partial charge in [0.1, 0.15) is 7.85 Å². The third kappa shape index (κ3) is 3.65. The van der Waals surface area contributed by atoms with Crippen molar-refractivity contribution in [1.82, 2.24) is 4.98 Å². The Labute approximate surface area is 170 Å². The van der Waals surface area contributed by atoms with Crippen LogP contribution in [0.15, 0.2) is 72.9 Å². The highest BCUT2D eigenvalue weighted by Crippen LogP contribution is 2.48. The molecule has 1 aromatic heterocycles. The van der Waals surface area contributed by atoms with Gasteiger partial charge < -0.3 is 0 Å². The molecule has 28 heavy (non-hydrogen) atoms. The van der Waals surface area contributed by atoms with Crippen LogP contribution in [0, 0.1) is 11.8 Å². The highest BCUT2D eigenvalue weighted by molar-refractivity contribution is 6.16. The van der Waals surface area contributed by atoms with Crippen molar-refractivity contribution in [2.75, 3.05) is 0 Å². The van der Waals surface area contributed by atoms with Gasteiger partial charge in [-0.1, -0.05) is 87.4 Å². The van der Waals surface area contributed by atoms with E-state index < -0.39 is 0 Å². The minimum absolute atomic E-state index is 0.323. The van der Waals surface area contributed by atoms with Crippen LogP contribution in [-0.4, -0.2) is 12.8 Å². The van der Waals surface area contributed by atoms with E-state index in [1.54, 1.807) is 0 Å². The van der Waals surface area contributed by atoms with Gasteiger partial charge >= 0.3 is 0 Å². The molecule has 0 spiro atoms. The second-order valence-electron chi connectivity index (χ2n) is 8.82.